The molecule has 0 bridgehead atoms. The molecular formula is C29H21NO3. The van der Waals surface area contributed by atoms with Gasteiger partial charge in [0.25, 0.3) is 0 Å². The van der Waals surface area contributed by atoms with Crippen LogP contribution in [0.25, 0.3) is 6.08 Å². The average molecular weight is 431 g/mol. The second-order valence-corrected chi connectivity index (χ2v) is 7.72. The first-order valence-electron chi connectivity index (χ1n) is 10.6. The van der Waals surface area contributed by atoms with Gasteiger partial charge in [-0.05, 0) is 60.2 Å². The first-order valence-corrected chi connectivity index (χ1v) is 10.6. The molecule has 4 heteroatoms. The molecule has 0 aromatic heterocycles. The van der Waals surface area contributed by atoms with Gasteiger partial charge >= 0.3 is 0 Å². The van der Waals surface area contributed by atoms with Crippen LogP contribution >= 0.6 is 0 Å². The van der Waals surface area contributed by atoms with Crippen molar-refractivity contribution in [3.8, 4) is 5.75 Å². The molecule has 4 nitrogen and oxygen atoms in total. The van der Waals surface area contributed by atoms with Crippen LogP contribution in [0.15, 0.2) is 109 Å². The predicted octanol–water partition coefficient (Wildman–Crippen LogP) is 6.63. The predicted molar refractivity (Wildman–Crippen MR) is 131 cm³/mol. The molecule has 1 aliphatic rings. The normalized spacial score (nSPS) is 12.5. The second-order valence-electron chi connectivity index (χ2n) is 7.72. The van der Waals surface area contributed by atoms with E-state index in [1.807, 2.05) is 78.9 Å². The molecule has 0 amide bonds. The Morgan fingerprint density at radius 3 is 1.64 bits per heavy atom. The Hall–Kier alpha value is -4.44. The zero-order valence-electron chi connectivity index (χ0n) is 18.1. The van der Waals surface area contributed by atoms with Crippen LogP contribution in [0, 0.1) is 0 Å². The lowest BCUT2D eigenvalue weighted by Gasteiger charge is -2.25. The van der Waals surface area contributed by atoms with E-state index in [1.165, 1.54) is 0 Å². The fraction of sp³-hybridized carbons (Fsp3) is 0.0345. The van der Waals surface area contributed by atoms with Gasteiger partial charge in [0.15, 0.2) is 11.6 Å². The number of ketones is 2. The fourth-order valence-electron chi connectivity index (χ4n) is 4.05. The van der Waals surface area contributed by atoms with Crippen molar-refractivity contribution in [3.05, 3.63) is 125 Å². The number of rotatable bonds is 5. The summed E-state index contributed by atoms with van der Waals surface area (Å²) in [6.07, 6.45) is 1.68. The molecule has 0 N–H and O–H groups in total. The minimum atomic E-state index is -0.219. The highest BCUT2D eigenvalue weighted by Crippen LogP contribution is 2.35. The topological polar surface area (TPSA) is 46.6 Å². The number of hydrogen-bond donors (Lipinski definition) is 0. The van der Waals surface area contributed by atoms with Crippen molar-refractivity contribution in [2.24, 2.45) is 0 Å². The Morgan fingerprint density at radius 1 is 0.606 bits per heavy atom. The lowest BCUT2D eigenvalue weighted by Crippen LogP contribution is -2.09. The summed E-state index contributed by atoms with van der Waals surface area (Å²) < 4.78 is 5.30. The maximum Gasteiger partial charge on any atom is 0.197 e. The minimum Gasteiger partial charge on any atom is -0.497 e. The number of carbonyl (C=O) groups is 2. The van der Waals surface area contributed by atoms with Gasteiger partial charge in [-0.3, -0.25) is 9.59 Å². The van der Waals surface area contributed by atoms with Crippen LogP contribution in [0.4, 0.5) is 17.1 Å². The molecule has 0 unspecified atom stereocenters. The average Bonchev–Trinajstić information content (AvgIpc) is 3.11. The van der Waals surface area contributed by atoms with Gasteiger partial charge in [-0.25, -0.2) is 0 Å². The number of allylic oxidation sites excluding steroid dienone is 1. The van der Waals surface area contributed by atoms with Crippen LogP contribution in [0.5, 0.6) is 5.75 Å². The van der Waals surface area contributed by atoms with Crippen molar-refractivity contribution in [1.82, 2.24) is 0 Å². The van der Waals surface area contributed by atoms with E-state index in [1.54, 1.807) is 37.5 Å². The molecule has 4 aromatic rings. The van der Waals surface area contributed by atoms with Gasteiger partial charge < -0.3 is 9.64 Å². The maximum atomic E-state index is 12.7. The van der Waals surface area contributed by atoms with E-state index in [4.69, 9.17) is 4.74 Å². The number of carbonyl (C=O) groups excluding carboxylic acids is 2. The summed E-state index contributed by atoms with van der Waals surface area (Å²) in [5, 5.41) is 0. The van der Waals surface area contributed by atoms with Crippen LogP contribution in [0.3, 0.4) is 0 Å². The third-order valence-corrected chi connectivity index (χ3v) is 5.71. The standard InChI is InChI=1S/C29H21NO3/c1-33-24-17-15-23(16-18-24)30(21-7-3-2-4-8-21)22-13-11-20(12-14-22)19-27-28(31)25-9-5-6-10-26(25)29(27)32/h2-19H,1H3. The van der Waals surface area contributed by atoms with Crippen molar-refractivity contribution in [1.29, 1.82) is 0 Å². The molecule has 1 aliphatic carbocycles. The van der Waals surface area contributed by atoms with Crippen LogP contribution in [0.2, 0.25) is 0 Å². The van der Waals surface area contributed by atoms with Crippen molar-refractivity contribution >= 4 is 34.7 Å². The Morgan fingerprint density at radius 2 is 1.09 bits per heavy atom. The number of nitrogens with zero attached hydrogens (tertiary/aromatic N) is 1. The van der Waals surface area contributed by atoms with E-state index in [0.717, 1.165) is 28.4 Å². The first-order chi connectivity index (χ1) is 16.2. The molecule has 0 aliphatic heterocycles. The summed E-state index contributed by atoms with van der Waals surface area (Å²) >= 11 is 0. The third kappa shape index (κ3) is 3.83. The van der Waals surface area contributed by atoms with Gasteiger partial charge in [-0.2, -0.15) is 0 Å². The van der Waals surface area contributed by atoms with Crippen LogP contribution in [0.1, 0.15) is 26.3 Å². The first kappa shape index (κ1) is 20.5. The molecule has 5 rings (SSSR count). The van der Waals surface area contributed by atoms with E-state index in [2.05, 4.69) is 4.90 Å². The molecule has 0 atom stereocenters. The minimum absolute atomic E-state index is 0.207. The van der Waals surface area contributed by atoms with Crippen molar-refractivity contribution in [2.75, 3.05) is 12.0 Å². The molecule has 0 radical (unpaired) electrons. The molecule has 0 spiro atoms. The van der Waals surface area contributed by atoms with Gasteiger partial charge in [0.05, 0.1) is 12.7 Å². The lowest BCUT2D eigenvalue weighted by atomic mass is 10.1. The van der Waals surface area contributed by atoms with E-state index in [0.29, 0.717) is 11.1 Å². The smallest absolute Gasteiger partial charge is 0.197 e. The van der Waals surface area contributed by atoms with Crippen molar-refractivity contribution in [3.63, 3.8) is 0 Å². The van der Waals surface area contributed by atoms with Crippen LogP contribution < -0.4 is 9.64 Å². The van der Waals surface area contributed by atoms with Gasteiger partial charge in [-0.15, -0.1) is 0 Å². The molecule has 4 aromatic carbocycles. The third-order valence-electron chi connectivity index (χ3n) is 5.71. The van der Waals surface area contributed by atoms with Crippen LogP contribution in [-0.4, -0.2) is 18.7 Å². The van der Waals surface area contributed by atoms with Gasteiger partial charge in [0.2, 0.25) is 0 Å². The number of benzene rings is 4. The second kappa shape index (κ2) is 8.60. The molecular weight excluding hydrogens is 410 g/mol. The Labute approximate surface area is 192 Å². The van der Waals surface area contributed by atoms with Crippen molar-refractivity contribution < 1.29 is 14.3 Å². The molecule has 0 saturated carbocycles. The SMILES string of the molecule is COc1ccc(N(c2ccccc2)c2ccc(C=C3C(=O)c4ccccc4C3=O)cc2)cc1. The summed E-state index contributed by atoms with van der Waals surface area (Å²) in [5.41, 5.74) is 4.92. The number of ether oxygens (including phenoxy) is 1. The summed E-state index contributed by atoms with van der Waals surface area (Å²) in [5.74, 6) is 0.355. The van der Waals surface area contributed by atoms with E-state index in [9.17, 15) is 9.59 Å². The highest BCUT2D eigenvalue weighted by atomic mass is 16.5. The number of Topliss-reactive ketones (excluding diaryl/α,β-unsaturated/α-hetero) is 2. The quantitative estimate of drug-likeness (QED) is 0.263. The zero-order valence-corrected chi connectivity index (χ0v) is 18.1. The summed E-state index contributed by atoms with van der Waals surface area (Å²) in [4.78, 5) is 27.5. The number of fused-ring (bicyclic) bond motifs is 1. The summed E-state index contributed by atoms with van der Waals surface area (Å²) in [6, 6.07) is 32.7. The highest BCUT2D eigenvalue weighted by Gasteiger charge is 2.32. The van der Waals surface area contributed by atoms with Gasteiger partial charge in [0, 0.05) is 28.2 Å². The molecule has 160 valence electrons. The van der Waals surface area contributed by atoms with E-state index in [-0.39, 0.29) is 17.1 Å². The maximum absolute atomic E-state index is 12.7. The number of hydrogen-bond acceptors (Lipinski definition) is 4. The Kier molecular flexibility index (Phi) is 5.33. The fourth-order valence-corrected chi connectivity index (χ4v) is 4.05. The summed E-state index contributed by atoms with van der Waals surface area (Å²) in [6.45, 7) is 0. The van der Waals surface area contributed by atoms with E-state index >= 15 is 0 Å². The van der Waals surface area contributed by atoms with Gasteiger partial charge in [0.1, 0.15) is 5.75 Å². The summed E-state index contributed by atoms with van der Waals surface area (Å²) in [7, 11) is 1.65. The molecule has 0 fully saturated rings. The molecule has 0 saturated heterocycles. The number of para-hydroxylation sites is 1. The van der Waals surface area contributed by atoms with Gasteiger partial charge in [-0.1, -0.05) is 54.6 Å². The van der Waals surface area contributed by atoms with E-state index < -0.39 is 0 Å². The molecule has 33 heavy (non-hydrogen) atoms. The Bertz CT molecular complexity index is 1320. The largest absolute Gasteiger partial charge is 0.497 e. The highest BCUT2D eigenvalue weighted by molar-refractivity contribution is 6.41. The Balaban J connectivity index is 1.50. The number of methoxy groups -OCH3 is 1. The van der Waals surface area contributed by atoms with Crippen molar-refractivity contribution in [2.45, 2.75) is 0 Å². The molecule has 0 heterocycles. The monoisotopic (exact) mass is 431 g/mol. The zero-order chi connectivity index (χ0) is 22.8. The van der Waals surface area contributed by atoms with Crippen LogP contribution in [-0.2, 0) is 0 Å². The number of anilines is 3. The lowest BCUT2D eigenvalue weighted by molar-refractivity contribution is 0.0990.